The van der Waals surface area contributed by atoms with Gasteiger partial charge in [0.05, 0.1) is 17.5 Å². The molecule has 130 valence electrons. The Morgan fingerprint density at radius 3 is 2.36 bits per heavy atom. The molecule has 2 bridgehead atoms. The van der Waals surface area contributed by atoms with Crippen molar-refractivity contribution < 1.29 is 19.5 Å². The van der Waals surface area contributed by atoms with E-state index in [0.29, 0.717) is 0 Å². The molecular weight excluding hydrogens is 322 g/mol. The number of phenolic OH excluding ortho intramolecular Hbond substituents is 1. The van der Waals surface area contributed by atoms with E-state index < -0.39 is 12.2 Å². The van der Waals surface area contributed by atoms with Gasteiger partial charge in [0.25, 0.3) is 0 Å². The van der Waals surface area contributed by atoms with Crippen molar-refractivity contribution in [2.24, 2.45) is 23.7 Å². The largest absolute Gasteiger partial charge is 0.506 e. The summed E-state index contributed by atoms with van der Waals surface area (Å²) in [6.45, 7) is 1.61. The van der Waals surface area contributed by atoms with E-state index in [9.17, 15) is 19.5 Å². The van der Waals surface area contributed by atoms with Crippen LogP contribution in [0.1, 0.15) is 13.3 Å². The third kappa shape index (κ3) is 2.38. The van der Waals surface area contributed by atoms with Crippen molar-refractivity contribution in [1.82, 2.24) is 10.2 Å². The van der Waals surface area contributed by atoms with Crippen LogP contribution in [0.15, 0.2) is 36.4 Å². The van der Waals surface area contributed by atoms with E-state index in [1.807, 2.05) is 12.2 Å². The van der Waals surface area contributed by atoms with Gasteiger partial charge in [0.1, 0.15) is 11.9 Å². The van der Waals surface area contributed by atoms with Gasteiger partial charge < -0.3 is 15.7 Å². The molecule has 2 fully saturated rings. The van der Waals surface area contributed by atoms with Gasteiger partial charge in [-0.25, -0.2) is 4.79 Å². The molecule has 0 aromatic heterocycles. The third-order valence-corrected chi connectivity index (χ3v) is 5.38. The van der Waals surface area contributed by atoms with Gasteiger partial charge in [0.2, 0.25) is 11.8 Å². The Hall–Kier alpha value is -2.83. The van der Waals surface area contributed by atoms with Crippen molar-refractivity contribution >= 4 is 23.5 Å². The summed E-state index contributed by atoms with van der Waals surface area (Å²) in [5.41, 5.74) is 0.255. The predicted molar refractivity (Wildman–Crippen MR) is 89.3 cm³/mol. The molecule has 1 aromatic carbocycles. The minimum atomic E-state index is -0.754. The number of amides is 4. The van der Waals surface area contributed by atoms with Crippen LogP contribution in [0.2, 0.25) is 0 Å². The van der Waals surface area contributed by atoms with Crippen LogP contribution in [0.3, 0.4) is 0 Å². The number of fused-ring (bicyclic) bond motifs is 5. The number of allylic oxidation sites excluding steroid dienone is 2. The van der Waals surface area contributed by atoms with Crippen LogP contribution in [-0.4, -0.2) is 34.0 Å². The number of benzene rings is 1. The molecule has 0 unspecified atom stereocenters. The molecule has 0 radical (unpaired) electrons. The number of carbonyl (C=O) groups is 3. The third-order valence-electron chi connectivity index (χ3n) is 5.38. The first-order chi connectivity index (χ1) is 12.0. The number of rotatable bonds is 3. The summed E-state index contributed by atoms with van der Waals surface area (Å²) in [4.78, 5) is 38.7. The average Bonchev–Trinajstić information content (AvgIpc) is 3.23. The molecule has 1 aliphatic heterocycles. The van der Waals surface area contributed by atoms with Crippen molar-refractivity contribution in [2.75, 3.05) is 5.32 Å². The van der Waals surface area contributed by atoms with Crippen LogP contribution in [0.5, 0.6) is 5.75 Å². The lowest BCUT2D eigenvalue weighted by atomic mass is 9.85. The van der Waals surface area contributed by atoms with Gasteiger partial charge in [-0.1, -0.05) is 24.3 Å². The van der Waals surface area contributed by atoms with Crippen LogP contribution in [0, 0.1) is 23.7 Å². The van der Waals surface area contributed by atoms with Crippen molar-refractivity contribution in [3.63, 3.8) is 0 Å². The predicted octanol–water partition coefficient (Wildman–Crippen LogP) is 1.67. The highest BCUT2D eigenvalue weighted by Crippen LogP contribution is 2.52. The van der Waals surface area contributed by atoms with Gasteiger partial charge in [-0.05, 0) is 37.3 Å². The second-order valence-electron chi connectivity index (χ2n) is 6.84. The summed E-state index contributed by atoms with van der Waals surface area (Å²) in [5.74, 6) is -0.765. The van der Waals surface area contributed by atoms with E-state index in [1.54, 1.807) is 25.1 Å². The maximum Gasteiger partial charge on any atom is 0.320 e. The molecule has 7 heteroatoms. The van der Waals surface area contributed by atoms with Gasteiger partial charge in [-0.3, -0.25) is 14.5 Å². The summed E-state index contributed by atoms with van der Waals surface area (Å²) in [5, 5.41) is 14.8. The number of phenols is 1. The molecule has 7 nitrogen and oxygen atoms in total. The second-order valence-corrected chi connectivity index (χ2v) is 6.84. The Bertz CT molecular complexity index is 760. The molecule has 25 heavy (non-hydrogen) atoms. The maximum absolute atomic E-state index is 12.7. The van der Waals surface area contributed by atoms with Gasteiger partial charge in [-0.15, -0.1) is 0 Å². The number of carbonyl (C=O) groups excluding carboxylic acids is 3. The smallest absolute Gasteiger partial charge is 0.320 e. The van der Waals surface area contributed by atoms with Crippen LogP contribution >= 0.6 is 0 Å². The van der Waals surface area contributed by atoms with Crippen LogP contribution in [0.25, 0.3) is 0 Å². The van der Waals surface area contributed by atoms with E-state index in [-0.39, 0.29) is 46.9 Å². The first kappa shape index (κ1) is 15.7. The lowest BCUT2D eigenvalue weighted by molar-refractivity contribution is -0.143. The Kier molecular flexibility index (Phi) is 3.52. The Balaban J connectivity index is 1.44. The zero-order valence-corrected chi connectivity index (χ0v) is 13.7. The Morgan fingerprint density at radius 1 is 1.16 bits per heavy atom. The van der Waals surface area contributed by atoms with E-state index in [1.165, 1.54) is 11.0 Å². The number of aromatic hydroxyl groups is 1. The highest BCUT2D eigenvalue weighted by atomic mass is 16.3. The van der Waals surface area contributed by atoms with Crippen molar-refractivity contribution in [1.29, 1.82) is 0 Å². The summed E-state index contributed by atoms with van der Waals surface area (Å²) in [6.07, 6.45) is 4.18. The number of nitrogens with zero attached hydrogens (tertiary/aromatic N) is 1. The van der Waals surface area contributed by atoms with E-state index in [2.05, 4.69) is 10.6 Å². The monoisotopic (exact) mass is 341 g/mol. The molecule has 1 aromatic rings. The first-order valence-corrected chi connectivity index (χ1v) is 8.38. The molecule has 4 rings (SSSR count). The average molecular weight is 341 g/mol. The fourth-order valence-corrected chi connectivity index (χ4v) is 4.30. The summed E-state index contributed by atoms with van der Waals surface area (Å²) < 4.78 is 0. The van der Waals surface area contributed by atoms with Crippen LogP contribution in [0.4, 0.5) is 10.5 Å². The quantitative estimate of drug-likeness (QED) is 0.442. The standard InChI is InChI=1S/C18H19N3O4/c1-9(19-18(25)20-12-4-2-3-5-13(12)22)21-16(23)14-10-6-7-11(8-10)15(14)17(21)24/h2-7,9-11,14-15,22H,8H2,1H3,(H2,19,20,25)/t9-,10-,11-,14-,15+/m0/s1. The van der Waals surface area contributed by atoms with E-state index >= 15 is 0 Å². The highest BCUT2D eigenvalue weighted by molar-refractivity contribution is 6.07. The van der Waals surface area contributed by atoms with Crippen molar-refractivity contribution in [3.05, 3.63) is 36.4 Å². The van der Waals surface area contributed by atoms with E-state index in [0.717, 1.165) is 6.42 Å². The minimum absolute atomic E-state index is 0.0594. The van der Waals surface area contributed by atoms with Gasteiger partial charge in [-0.2, -0.15) is 0 Å². The number of anilines is 1. The van der Waals surface area contributed by atoms with Gasteiger partial charge >= 0.3 is 6.03 Å². The molecule has 1 saturated heterocycles. The molecule has 4 amide bonds. The fraction of sp³-hybridized carbons (Fsp3) is 0.389. The lowest BCUT2D eigenvalue weighted by Crippen LogP contribution is -2.51. The number of likely N-dealkylation sites (tertiary alicyclic amines) is 1. The summed E-state index contributed by atoms with van der Waals surface area (Å²) >= 11 is 0. The normalized spacial score (nSPS) is 30.5. The Labute approximate surface area is 144 Å². The molecule has 1 heterocycles. The number of hydrogen-bond acceptors (Lipinski definition) is 4. The van der Waals surface area contributed by atoms with Crippen molar-refractivity contribution in [2.45, 2.75) is 19.5 Å². The SMILES string of the molecule is C[C@@H](NC(=O)Nc1ccccc1O)N1C(=O)[C@@H]2[C@H](C1=O)[C@H]1C=C[C@H]2C1. The first-order valence-electron chi connectivity index (χ1n) is 8.38. The molecule has 5 atom stereocenters. The topological polar surface area (TPSA) is 98.7 Å². The summed E-state index contributed by atoms with van der Waals surface area (Å²) in [7, 11) is 0. The van der Waals surface area contributed by atoms with Gasteiger partial charge in [0, 0.05) is 0 Å². The molecule has 0 spiro atoms. The second kappa shape index (κ2) is 5.61. The zero-order valence-electron chi connectivity index (χ0n) is 13.7. The molecule has 2 aliphatic carbocycles. The maximum atomic E-state index is 12.7. The van der Waals surface area contributed by atoms with E-state index in [4.69, 9.17) is 0 Å². The number of urea groups is 1. The number of para-hydroxylation sites is 2. The number of nitrogens with one attached hydrogen (secondary N) is 2. The highest BCUT2D eigenvalue weighted by Gasteiger charge is 2.60. The number of imide groups is 1. The zero-order chi connectivity index (χ0) is 17.7. The Morgan fingerprint density at radius 2 is 1.76 bits per heavy atom. The molecule has 3 N–H and O–H groups in total. The lowest BCUT2D eigenvalue weighted by Gasteiger charge is -2.25. The minimum Gasteiger partial charge on any atom is -0.506 e. The fourth-order valence-electron chi connectivity index (χ4n) is 4.30. The molecule has 1 saturated carbocycles. The van der Waals surface area contributed by atoms with Crippen LogP contribution in [-0.2, 0) is 9.59 Å². The van der Waals surface area contributed by atoms with Crippen LogP contribution < -0.4 is 10.6 Å². The van der Waals surface area contributed by atoms with Gasteiger partial charge in [0.15, 0.2) is 0 Å². The molecule has 3 aliphatic rings. The van der Waals surface area contributed by atoms with Crippen molar-refractivity contribution in [3.8, 4) is 5.75 Å². The molecular formula is C18H19N3O4. The summed E-state index contributed by atoms with van der Waals surface area (Å²) in [6, 6.07) is 5.74. The number of hydrogen-bond donors (Lipinski definition) is 3.